The molecule has 6 saturated heterocycles. The topological polar surface area (TPSA) is 75.2 Å². The molecule has 6 aliphatic heterocycles. The smallest absolute Gasteiger partial charge is 0.297 e. The van der Waals surface area contributed by atoms with E-state index < -0.39 is 34.7 Å². The number of rotatable bonds is 0. The van der Waals surface area contributed by atoms with E-state index in [4.69, 9.17) is 28.4 Å². The Bertz CT molecular complexity index is 308. The van der Waals surface area contributed by atoms with Crippen LogP contribution in [-0.4, -0.2) is 34.7 Å². The van der Waals surface area contributed by atoms with Crippen molar-refractivity contribution in [1.29, 1.82) is 0 Å². The van der Waals surface area contributed by atoms with Crippen LogP contribution in [0.2, 0.25) is 0 Å². The van der Waals surface area contributed by atoms with Crippen molar-refractivity contribution < 1.29 is 28.4 Å². The zero-order valence-electron chi connectivity index (χ0n) is 5.45. The van der Waals surface area contributed by atoms with Crippen molar-refractivity contribution in [1.82, 2.24) is 0 Å². The molecule has 7 aliphatic rings. The Hall–Kier alpha value is -0.240. The Morgan fingerprint density at radius 1 is 0.333 bits per heavy atom. The van der Waals surface area contributed by atoms with Crippen molar-refractivity contribution in [3.05, 3.63) is 0 Å². The molecule has 0 N–H and O–H groups in total. The molecule has 0 amide bonds. The second kappa shape index (κ2) is 0.588. The summed E-state index contributed by atoms with van der Waals surface area (Å²) in [5.74, 6) is -3.94. The molecule has 1 saturated carbocycles. The SMILES string of the molecule is O1C23OC12C12OC1(O2)C12OC31O2. The summed E-state index contributed by atoms with van der Waals surface area (Å²) in [7, 11) is 0. The molecule has 0 aromatic rings. The lowest BCUT2D eigenvalue weighted by Gasteiger charge is -1.99. The monoisotopic (exact) mass is 168 g/mol. The molecule has 0 radical (unpaired) electrons. The third-order valence-corrected chi connectivity index (χ3v) is 4.07. The molecular weight excluding hydrogens is 168 g/mol. The van der Waals surface area contributed by atoms with Crippen molar-refractivity contribution in [3.8, 4) is 0 Å². The van der Waals surface area contributed by atoms with E-state index in [1.165, 1.54) is 0 Å². The van der Waals surface area contributed by atoms with Crippen molar-refractivity contribution in [2.75, 3.05) is 0 Å². The van der Waals surface area contributed by atoms with Gasteiger partial charge in [-0.1, -0.05) is 0 Å². The molecule has 6 heterocycles. The Morgan fingerprint density at radius 2 is 0.500 bits per heavy atom. The minimum Gasteiger partial charge on any atom is -0.297 e. The zero-order valence-corrected chi connectivity index (χ0v) is 5.45. The first-order valence-corrected chi connectivity index (χ1v) is 3.95. The van der Waals surface area contributed by atoms with Gasteiger partial charge in [0.1, 0.15) is 0 Å². The Morgan fingerprint density at radius 3 is 0.667 bits per heavy atom. The maximum atomic E-state index is 5.41. The molecule has 0 aromatic heterocycles. The molecule has 60 valence electrons. The van der Waals surface area contributed by atoms with Crippen LogP contribution in [0.25, 0.3) is 0 Å². The van der Waals surface area contributed by atoms with Gasteiger partial charge in [-0.3, -0.25) is 28.4 Å². The molecule has 6 nitrogen and oxygen atoms in total. The molecule has 12 heavy (non-hydrogen) atoms. The summed E-state index contributed by atoms with van der Waals surface area (Å²) in [5.41, 5.74) is 0. The average molecular weight is 168 g/mol. The van der Waals surface area contributed by atoms with E-state index in [1.54, 1.807) is 0 Å². The predicted octanol–water partition coefficient (Wildman–Crippen LogP) is -1.64. The van der Waals surface area contributed by atoms with Gasteiger partial charge < -0.3 is 0 Å². The van der Waals surface area contributed by atoms with Crippen LogP contribution in [-0.2, 0) is 28.4 Å². The van der Waals surface area contributed by atoms with E-state index in [9.17, 15) is 0 Å². The molecule has 0 unspecified atom stereocenters. The van der Waals surface area contributed by atoms with Crippen LogP contribution in [0.1, 0.15) is 0 Å². The first-order chi connectivity index (χ1) is 5.74. The predicted molar refractivity (Wildman–Crippen MR) is 22.9 cm³/mol. The summed E-state index contributed by atoms with van der Waals surface area (Å²) < 4.78 is 32.4. The highest BCUT2D eigenvalue weighted by atomic mass is 17.2. The summed E-state index contributed by atoms with van der Waals surface area (Å²) >= 11 is 0. The molecule has 0 atom stereocenters. The van der Waals surface area contributed by atoms with E-state index >= 15 is 0 Å². The molecule has 0 aromatic carbocycles. The highest BCUT2D eigenvalue weighted by Crippen LogP contribution is 3.08. The number of hydrogen-bond donors (Lipinski definition) is 0. The third-order valence-electron chi connectivity index (χ3n) is 4.07. The standard InChI is InChI=1S/C6O6/c7-1-2(7,8-1)4-6(11-4,12-4)5-3(1,9-5)10-5. The highest BCUT2D eigenvalue weighted by Gasteiger charge is 3.39. The van der Waals surface area contributed by atoms with E-state index in [0.717, 1.165) is 0 Å². The van der Waals surface area contributed by atoms with Gasteiger partial charge in [0.25, 0.3) is 34.7 Å². The number of hydrogen-bond acceptors (Lipinski definition) is 6. The minimum atomic E-state index is -0.656. The largest absolute Gasteiger partial charge is 0.297 e. The van der Waals surface area contributed by atoms with E-state index in [2.05, 4.69) is 0 Å². The van der Waals surface area contributed by atoms with Crippen LogP contribution >= 0.6 is 0 Å². The fourth-order valence-electron chi connectivity index (χ4n) is 3.19. The van der Waals surface area contributed by atoms with Gasteiger partial charge in [-0.25, -0.2) is 0 Å². The molecule has 7 rings (SSSR count). The average Bonchev–Trinajstić information content (AvgIpc) is 2.48. The second-order valence-electron chi connectivity index (χ2n) is 4.31. The molecule has 0 spiro atoms. The lowest BCUT2D eigenvalue weighted by molar-refractivity contribution is -0.196. The van der Waals surface area contributed by atoms with Gasteiger partial charge >= 0.3 is 0 Å². The van der Waals surface area contributed by atoms with Crippen LogP contribution in [0.3, 0.4) is 0 Å². The van der Waals surface area contributed by atoms with Crippen molar-refractivity contribution in [2.24, 2.45) is 0 Å². The fourth-order valence-corrected chi connectivity index (χ4v) is 3.19. The minimum absolute atomic E-state index is 0.656. The summed E-state index contributed by atoms with van der Waals surface area (Å²) in [5, 5.41) is 0. The lowest BCUT2D eigenvalue weighted by atomic mass is 10.0. The van der Waals surface area contributed by atoms with E-state index in [1.807, 2.05) is 0 Å². The van der Waals surface area contributed by atoms with Gasteiger partial charge in [-0.05, 0) is 0 Å². The summed E-state index contributed by atoms with van der Waals surface area (Å²) in [6.07, 6.45) is 0. The van der Waals surface area contributed by atoms with Crippen molar-refractivity contribution in [2.45, 2.75) is 34.7 Å². The lowest BCUT2D eigenvalue weighted by Crippen LogP contribution is -2.20. The van der Waals surface area contributed by atoms with Gasteiger partial charge in [0, 0.05) is 0 Å². The summed E-state index contributed by atoms with van der Waals surface area (Å²) in [6.45, 7) is 0. The van der Waals surface area contributed by atoms with Crippen molar-refractivity contribution >= 4 is 0 Å². The van der Waals surface area contributed by atoms with Gasteiger partial charge in [0.05, 0.1) is 0 Å². The van der Waals surface area contributed by atoms with Gasteiger partial charge in [-0.2, -0.15) is 0 Å². The Labute approximate surface area is 64.2 Å². The molecule has 7 fully saturated rings. The van der Waals surface area contributed by atoms with Crippen LogP contribution in [0, 0.1) is 0 Å². The first-order valence-electron chi connectivity index (χ1n) is 3.95. The van der Waals surface area contributed by atoms with E-state index in [0.29, 0.717) is 0 Å². The van der Waals surface area contributed by atoms with Gasteiger partial charge in [0.15, 0.2) is 0 Å². The Kier molecular flexibility index (Phi) is 0.211. The van der Waals surface area contributed by atoms with Crippen LogP contribution in [0.15, 0.2) is 0 Å². The van der Waals surface area contributed by atoms with Crippen LogP contribution in [0.4, 0.5) is 0 Å². The highest BCUT2D eigenvalue weighted by molar-refractivity contribution is 5.62. The van der Waals surface area contributed by atoms with Gasteiger partial charge in [0.2, 0.25) is 0 Å². The quantitative estimate of drug-likeness (QED) is 0.404. The maximum absolute atomic E-state index is 5.41. The zero-order chi connectivity index (χ0) is 7.24. The van der Waals surface area contributed by atoms with Crippen LogP contribution in [0.5, 0.6) is 0 Å². The summed E-state index contributed by atoms with van der Waals surface area (Å²) in [6, 6.07) is 0. The number of ether oxygens (including phenoxy) is 6. The van der Waals surface area contributed by atoms with E-state index in [-0.39, 0.29) is 0 Å². The molecular formula is C6O6. The maximum Gasteiger partial charge on any atom is 0.297 e. The third kappa shape index (κ3) is 0.124. The fraction of sp³-hybridized carbons (Fsp3) is 1.00. The summed E-state index contributed by atoms with van der Waals surface area (Å²) in [4.78, 5) is 0. The van der Waals surface area contributed by atoms with Crippen LogP contribution < -0.4 is 0 Å². The molecule has 6 heteroatoms. The second-order valence-corrected chi connectivity index (χ2v) is 4.31. The first kappa shape index (κ1) is 4.32. The normalized spacial score (nSPS) is 108. The Balaban J connectivity index is 1.80. The van der Waals surface area contributed by atoms with Gasteiger partial charge in [-0.15, -0.1) is 0 Å². The van der Waals surface area contributed by atoms with Crippen molar-refractivity contribution in [3.63, 3.8) is 0 Å². The molecule has 0 bridgehead atoms. The molecule has 1 aliphatic carbocycles. The number of epoxide rings is 6.